The smallest absolute Gasteiger partial charge is 0.254 e. The third-order valence-electron chi connectivity index (χ3n) is 5.73. The summed E-state index contributed by atoms with van der Waals surface area (Å²) in [7, 11) is 1.89. The first-order valence-electron chi connectivity index (χ1n) is 10.1. The van der Waals surface area contributed by atoms with E-state index in [1.165, 1.54) is 0 Å². The van der Waals surface area contributed by atoms with E-state index < -0.39 is 0 Å². The molecule has 0 saturated carbocycles. The van der Waals surface area contributed by atoms with Crippen LogP contribution in [-0.2, 0) is 0 Å². The van der Waals surface area contributed by atoms with Gasteiger partial charge >= 0.3 is 0 Å². The maximum Gasteiger partial charge on any atom is 0.254 e. The zero-order valence-electron chi connectivity index (χ0n) is 16.4. The molecule has 0 unspecified atom stereocenters. The van der Waals surface area contributed by atoms with Crippen molar-refractivity contribution in [3.8, 4) is 5.75 Å². The number of thiazole rings is 1. The molecule has 1 saturated heterocycles. The van der Waals surface area contributed by atoms with Gasteiger partial charge in [0.15, 0.2) is 5.13 Å². The van der Waals surface area contributed by atoms with Gasteiger partial charge in [0, 0.05) is 50.8 Å². The molecule has 0 aliphatic carbocycles. The number of piperazine rings is 1. The van der Waals surface area contributed by atoms with Crippen molar-refractivity contribution in [1.29, 1.82) is 0 Å². The maximum atomic E-state index is 13.3. The molecule has 2 aliphatic rings. The first kappa shape index (κ1) is 18.4. The number of hydrogen-bond acceptors (Lipinski definition) is 6. The van der Waals surface area contributed by atoms with Crippen LogP contribution in [0.25, 0.3) is 10.2 Å². The Hall–Kier alpha value is -2.64. The summed E-state index contributed by atoms with van der Waals surface area (Å²) in [5, 5.41) is 4.41. The minimum absolute atomic E-state index is 0.0287. The van der Waals surface area contributed by atoms with Crippen LogP contribution in [0.3, 0.4) is 0 Å². The lowest BCUT2D eigenvalue weighted by Crippen LogP contribution is -2.43. The number of fused-ring (bicyclic) bond motifs is 2. The molecule has 0 spiro atoms. The van der Waals surface area contributed by atoms with Gasteiger partial charge in [-0.1, -0.05) is 29.5 Å². The minimum atomic E-state index is 0.0287. The molecule has 5 rings (SSSR count). The molecule has 1 N–H and O–H groups in total. The van der Waals surface area contributed by atoms with Crippen molar-refractivity contribution in [3.05, 3.63) is 53.6 Å². The third kappa shape index (κ3) is 3.45. The molecule has 0 bridgehead atoms. The Balaban J connectivity index is 1.41. The van der Waals surface area contributed by atoms with E-state index in [1.54, 1.807) is 11.3 Å². The fourth-order valence-electron chi connectivity index (χ4n) is 4.11. The molecule has 1 fully saturated rings. The van der Waals surface area contributed by atoms with E-state index in [9.17, 15) is 4.79 Å². The lowest BCUT2D eigenvalue weighted by molar-refractivity contribution is 0.0686. The predicted molar refractivity (Wildman–Crippen MR) is 116 cm³/mol. The van der Waals surface area contributed by atoms with Crippen LogP contribution in [0.2, 0.25) is 0 Å². The SMILES string of the molecule is CN(C(=O)c1ccc2nc(N3CCNCC3)sc2c1)[C@@H]1CCOc2ccccc21. The zero-order valence-corrected chi connectivity index (χ0v) is 17.2. The summed E-state index contributed by atoms with van der Waals surface area (Å²) in [4.78, 5) is 22.2. The third-order valence-corrected chi connectivity index (χ3v) is 6.81. The molecule has 3 aromatic rings. The largest absolute Gasteiger partial charge is 0.493 e. The predicted octanol–water partition coefficient (Wildman–Crippen LogP) is 3.30. The number of ether oxygens (including phenoxy) is 1. The number of nitrogens with one attached hydrogen (secondary N) is 1. The number of hydrogen-bond donors (Lipinski definition) is 1. The molecular weight excluding hydrogens is 384 g/mol. The van der Waals surface area contributed by atoms with Crippen LogP contribution in [0.4, 0.5) is 5.13 Å². The van der Waals surface area contributed by atoms with Gasteiger partial charge in [-0.05, 0) is 24.3 Å². The molecule has 0 radical (unpaired) electrons. The molecule has 2 aliphatic heterocycles. The summed E-state index contributed by atoms with van der Waals surface area (Å²) in [5.41, 5.74) is 2.74. The normalized spacial score (nSPS) is 18.9. The van der Waals surface area contributed by atoms with Crippen LogP contribution in [0.5, 0.6) is 5.75 Å². The van der Waals surface area contributed by atoms with E-state index in [1.807, 2.05) is 48.3 Å². The second-order valence-corrected chi connectivity index (χ2v) is 8.53. The van der Waals surface area contributed by atoms with Crippen LogP contribution in [0, 0.1) is 0 Å². The number of para-hydroxylation sites is 1. The second-order valence-electron chi connectivity index (χ2n) is 7.52. The van der Waals surface area contributed by atoms with Crippen molar-refractivity contribution in [2.24, 2.45) is 0 Å². The van der Waals surface area contributed by atoms with Crippen molar-refractivity contribution >= 4 is 32.6 Å². The molecule has 7 heteroatoms. The van der Waals surface area contributed by atoms with Crippen molar-refractivity contribution in [2.45, 2.75) is 12.5 Å². The molecule has 150 valence electrons. The van der Waals surface area contributed by atoms with Gasteiger partial charge < -0.3 is 19.9 Å². The fourth-order valence-corrected chi connectivity index (χ4v) is 5.16. The van der Waals surface area contributed by atoms with Gasteiger partial charge in [0.2, 0.25) is 0 Å². The van der Waals surface area contributed by atoms with Gasteiger partial charge in [-0.3, -0.25) is 4.79 Å². The summed E-state index contributed by atoms with van der Waals surface area (Å²) >= 11 is 1.67. The van der Waals surface area contributed by atoms with Gasteiger partial charge in [0.1, 0.15) is 5.75 Å². The van der Waals surface area contributed by atoms with Gasteiger partial charge in [0.05, 0.1) is 22.9 Å². The van der Waals surface area contributed by atoms with E-state index in [-0.39, 0.29) is 11.9 Å². The van der Waals surface area contributed by atoms with Crippen LogP contribution < -0.4 is 15.0 Å². The highest BCUT2D eigenvalue weighted by Crippen LogP contribution is 2.36. The number of amides is 1. The summed E-state index contributed by atoms with van der Waals surface area (Å²) in [6.07, 6.45) is 0.801. The zero-order chi connectivity index (χ0) is 19.8. The molecule has 6 nitrogen and oxygen atoms in total. The average molecular weight is 409 g/mol. The van der Waals surface area contributed by atoms with Gasteiger partial charge in [0.25, 0.3) is 5.91 Å². The Kier molecular flexibility index (Phi) is 4.85. The van der Waals surface area contributed by atoms with E-state index in [0.717, 1.165) is 59.3 Å². The van der Waals surface area contributed by atoms with E-state index in [4.69, 9.17) is 9.72 Å². The molecule has 29 heavy (non-hydrogen) atoms. The van der Waals surface area contributed by atoms with E-state index >= 15 is 0 Å². The maximum absolute atomic E-state index is 13.3. The molecule has 1 aromatic heterocycles. The molecule has 1 atom stereocenters. The van der Waals surface area contributed by atoms with Crippen LogP contribution in [-0.4, -0.2) is 55.6 Å². The highest BCUT2D eigenvalue weighted by molar-refractivity contribution is 7.22. The van der Waals surface area contributed by atoms with Gasteiger partial charge in [-0.2, -0.15) is 0 Å². The number of anilines is 1. The van der Waals surface area contributed by atoms with Crippen LogP contribution >= 0.6 is 11.3 Å². The quantitative estimate of drug-likeness (QED) is 0.721. The van der Waals surface area contributed by atoms with Crippen molar-refractivity contribution < 1.29 is 9.53 Å². The summed E-state index contributed by atoms with van der Waals surface area (Å²) in [6.45, 7) is 4.53. The fraction of sp³-hybridized carbons (Fsp3) is 0.364. The number of benzene rings is 2. The summed E-state index contributed by atoms with van der Waals surface area (Å²) in [6, 6.07) is 13.9. The first-order chi connectivity index (χ1) is 14.2. The van der Waals surface area contributed by atoms with E-state index in [0.29, 0.717) is 12.2 Å². The monoisotopic (exact) mass is 408 g/mol. The standard InChI is InChI=1S/C22H24N4O2S/c1-25(18-8-13-28-19-5-3-2-4-16(18)19)21(27)15-6-7-17-20(14-15)29-22(24-17)26-11-9-23-10-12-26/h2-7,14,18,23H,8-13H2,1H3/t18-/m1/s1. The minimum Gasteiger partial charge on any atom is -0.493 e. The highest BCUT2D eigenvalue weighted by atomic mass is 32.1. The number of nitrogens with zero attached hydrogens (tertiary/aromatic N) is 3. The molecule has 3 heterocycles. The van der Waals surface area contributed by atoms with Crippen molar-refractivity contribution in [2.75, 3.05) is 44.7 Å². The molecular formula is C22H24N4O2S. The molecule has 1 amide bonds. The number of aromatic nitrogens is 1. The van der Waals surface area contributed by atoms with Gasteiger partial charge in [-0.25, -0.2) is 4.98 Å². The Morgan fingerprint density at radius 1 is 1.24 bits per heavy atom. The highest BCUT2D eigenvalue weighted by Gasteiger charge is 2.28. The number of carbonyl (C=O) groups excluding carboxylic acids is 1. The number of rotatable bonds is 3. The van der Waals surface area contributed by atoms with Crippen molar-refractivity contribution in [1.82, 2.24) is 15.2 Å². The second kappa shape index (κ2) is 7.65. The Morgan fingerprint density at radius 2 is 2.07 bits per heavy atom. The Labute approximate surface area is 174 Å². The van der Waals surface area contributed by atoms with Gasteiger partial charge in [-0.15, -0.1) is 0 Å². The average Bonchev–Trinajstić information content (AvgIpc) is 3.22. The first-order valence-corrected chi connectivity index (χ1v) is 10.9. The van der Waals surface area contributed by atoms with Crippen molar-refractivity contribution in [3.63, 3.8) is 0 Å². The molecule has 2 aromatic carbocycles. The summed E-state index contributed by atoms with van der Waals surface area (Å²) < 4.78 is 6.81. The Morgan fingerprint density at radius 3 is 2.93 bits per heavy atom. The lowest BCUT2D eigenvalue weighted by atomic mass is 9.98. The van der Waals surface area contributed by atoms with Crippen LogP contribution in [0.1, 0.15) is 28.4 Å². The van der Waals surface area contributed by atoms with E-state index in [2.05, 4.69) is 16.3 Å². The topological polar surface area (TPSA) is 57.7 Å². The summed E-state index contributed by atoms with van der Waals surface area (Å²) in [5.74, 6) is 0.910. The van der Waals surface area contributed by atoms with Crippen LogP contribution in [0.15, 0.2) is 42.5 Å². The Bertz CT molecular complexity index is 1040. The lowest BCUT2D eigenvalue weighted by Gasteiger charge is -2.33. The number of carbonyl (C=O) groups is 1.